The van der Waals surface area contributed by atoms with Gasteiger partial charge >= 0.3 is 0 Å². The zero-order valence-corrected chi connectivity index (χ0v) is 21.2. The SMILES string of the molecule is CCOc1ccc(C2=C(C)c3ccc(O)cc3O[C@H]2c2ccc(OCCN3CCCCC3)cc2)cc1. The number of nitrogens with zero attached hydrogens (tertiary/aromatic N) is 1. The van der Waals surface area contributed by atoms with Crippen LogP contribution >= 0.6 is 0 Å². The van der Waals surface area contributed by atoms with Gasteiger partial charge in [-0.2, -0.15) is 0 Å². The molecule has 0 saturated carbocycles. The molecule has 5 rings (SSSR count). The van der Waals surface area contributed by atoms with Gasteiger partial charge in [0, 0.05) is 23.7 Å². The topological polar surface area (TPSA) is 51.2 Å². The Morgan fingerprint density at radius 1 is 0.889 bits per heavy atom. The van der Waals surface area contributed by atoms with Crippen LogP contribution in [0.5, 0.6) is 23.0 Å². The van der Waals surface area contributed by atoms with Crippen molar-refractivity contribution in [2.24, 2.45) is 0 Å². The number of rotatable bonds is 8. The number of allylic oxidation sites excluding steroid dienone is 1. The smallest absolute Gasteiger partial charge is 0.150 e. The molecule has 3 aromatic carbocycles. The van der Waals surface area contributed by atoms with Gasteiger partial charge in [0.15, 0.2) is 0 Å². The second-order valence-corrected chi connectivity index (χ2v) is 9.49. The third-order valence-corrected chi connectivity index (χ3v) is 7.06. The molecule has 0 aliphatic carbocycles. The molecule has 5 heteroatoms. The lowest BCUT2D eigenvalue weighted by atomic mass is 9.86. The zero-order chi connectivity index (χ0) is 24.9. The average molecular weight is 486 g/mol. The fourth-order valence-electron chi connectivity index (χ4n) is 5.16. The lowest BCUT2D eigenvalue weighted by Crippen LogP contribution is -2.33. The lowest BCUT2D eigenvalue weighted by Gasteiger charge is -2.31. The van der Waals surface area contributed by atoms with Crippen LogP contribution in [0, 0.1) is 0 Å². The summed E-state index contributed by atoms with van der Waals surface area (Å²) in [5.41, 5.74) is 5.35. The first-order chi connectivity index (χ1) is 17.6. The van der Waals surface area contributed by atoms with E-state index in [1.165, 1.54) is 32.4 Å². The van der Waals surface area contributed by atoms with Gasteiger partial charge in [0.25, 0.3) is 0 Å². The Balaban J connectivity index is 1.39. The Bertz CT molecular complexity index is 1190. The molecule has 36 heavy (non-hydrogen) atoms. The summed E-state index contributed by atoms with van der Waals surface area (Å²) < 4.78 is 18.2. The van der Waals surface area contributed by atoms with Gasteiger partial charge in [-0.15, -0.1) is 0 Å². The van der Waals surface area contributed by atoms with E-state index in [1.54, 1.807) is 12.1 Å². The molecule has 5 nitrogen and oxygen atoms in total. The molecule has 1 fully saturated rings. The van der Waals surface area contributed by atoms with Crippen LogP contribution < -0.4 is 14.2 Å². The number of hydrogen-bond acceptors (Lipinski definition) is 5. The normalized spacial score (nSPS) is 17.9. The summed E-state index contributed by atoms with van der Waals surface area (Å²) >= 11 is 0. The van der Waals surface area contributed by atoms with Crippen LogP contribution in [0.3, 0.4) is 0 Å². The van der Waals surface area contributed by atoms with Gasteiger partial charge in [0.1, 0.15) is 35.7 Å². The van der Waals surface area contributed by atoms with Crippen LogP contribution in [0.1, 0.15) is 55.9 Å². The first-order valence-corrected chi connectivity index (χ1v) is 13.0. The molecule has 2 aliphatic rings. The van der Waals surface area contributed by atoms with Crippen molar-refractivity contribution in [3.8, 4) is 23.0 Å². The first kappa shape index (κ1) is 24.3. The minimum Gasteiger partial charge on any atom is -0.508 e. The number of fused-ring (bicyclic) bond motifs is 1. The molecule has 188 valence electrons. The standard InChI is InChI=1S/C31H35NO4/c1-3-34-26-12-7-23(8-13-26)30-22(2)28-16-11-25(33)21-29(28)36-31(30)24-9-14-27(15-10-24)35-20-19-32-17-5-4-6-18-32/h7-16,21,31,33H,3-6,17-20H2,1-2H3/t31-/m0/s1. The lowest BCUT2D eigenvalue weighted by molar-refractivity contribution is 0.183. The van der Waals surface area contributed by atoms with E-state index >= 15 is 0 Å². The van der Waals surface area contributed by atoms with E-state index in [0.717, 1.165) is 45.9 Å². The predicted molar refractivity (Wildman–Crippen MR) is 144 cm³/mol. The Hall–Kier alpha value is -3.44. The summed E-state index contributed by atoms with van der Waals surface area (Å²) in [6.45, 7) is 8.76. The van der Waals surface area contributed by atoms with Crippen molar-refractivity contribution < 1.29 is 19.3 Å². The van der Waals surface area contributed by atoms with Gasteiger partial charge in [-0.3, -0.25) is 4.90 Å². The summed E-state index contributed by atoms with van der Waals surface area (Å²) in [7, 11) is 0. The second kappa shape index (κ2) is 11.1. The molecule has 1 atom stereocenters. The maximum absolute atomic E-state index is 10.1. The van der Waals surface area contributed by atoms with Gasteiger partial charge in [-0.25, -0.2) is 0 Å². The van der Waals surface area contributed by atoms with Gasteiger partial charge in [-0.1, -0.05) is 30.7 Å². The number of phenols is 1. The molecule has 3 aromatic rings. The van der Waals surface area contributed by atoms with Crippen LogP contribution in [0.25, 0.3) is 11.1 Å². The molecule has 2 heterocycles. The minimum atomic E-state index is -0.306. The van der Waals surface area contributed by atoms with E-state index in [-0.39, 0.29) is 11.9 Å². The highest BCUT2D eigenvalue weighted by Gasteiger charge is 2.29. The molecule has 0 radical (unpaired) electrons. The van der Waals surface area contributed by atoms with Crippen molar-refractivity contribution in [1.29, 1.82) is 0 Å². The average Bonchev–Trinajstić information content (AvgIpc) is 2.90. The molecule has 0 amide bonds. The fraction of sp³-hybridized carbons (Fsp3) is 0.355. The number of piperidine rings is 1. The molecular weight excluding hydrogens is 450 g/mol. The van der Waals surface area contributed by atoms with Crippen LogP contribution in [-0.4, -0.2) is 42.9 Å². The van der Waals surface area contributed by atoms with E-state index in [2.05, 4.69) is 36.1 Å². The Morgan fingerprint density at radius 2 is 1.58 bits per heavy atom. The highest BCUT2D eigenvalue weighted by molar-refractivity contribution is 5.95. The van der Waals surface area contributed by atoms with Crippen molar-refractivity contribution in [3.63, 3.8) is 0 Å². The number of benzene rings is 3. The van der Waals surface area contributed by atoms with Crippen molar-refractivity contribution >= 4 is 11.1 Å². The van der Waals surface area contributed by atoms with E-state index < -0.39 is 0 Å². The summed E-state index contributed by atoms with van der Waals surface area (Å²) in [5, 5.41) is 10.1. The minimum absolute atomic E-state index is 0.197. The number of likely N-dealkylation sites (tertiary alicyclic amines) is 1. The van der Waals surface area contributed by atoms with Crippen molar-refractivity contribution in [2.75, 3.05) is 32.8 Å². The highest BCUT2D eigenvalue weighted by Crippen LogP contribution is 2.47. The Morgan fingerprint density at radius 3 is 2.31 bits per heavy atom. The Kier molecular flexibility index (Phi) is 7.47. The first-order valence-electron chi connectivity index (χ1n) is 13.0. The molecule has 0 aromatic heterocycles. The van der Waals surface area contributed by atoms with E-state index in [9.17, 15) is 5.11 Å². The van der Waals surface area contributed by atoms with Gasteiger partial charge < -0.3 is 19.3 Å². The van der Waals surface area contributed by atoms with Crippen LogP contribution in [0.15, 0.2) is 66.7 Å². The summed E-state index contributed by atoms with van der Waals surface area (Å²) in [5.74, 6) is 2.61. The maximum atomic E-state index is 10.1. The number of ether oxygens (including phenoxy) is 3. The largest absolute Gasteiger partial charge is 0.508 e. The summed E-state index contributed by atoms with van der Waals surface area (Å²) in [6.07, 6.45) is 3.62. The maximum Gasteiger partial charge on any atom is 0.150 e. The number of aromatic hydroxyl groups is 1. The molecule has 2 aliphatic heterocycles. The van der Waals surface area contributed by atoms with Gasteiger partial charge in [-0.05, 0) is 92.9 Å². The summed E-state index contributed by atoms with van der Waals surface area (Å²) in [4.78, 5) is 2.48. The number of phenolic OH excluding ortho intramolecular Hbond substituents is 1. The van der Waals surface area contributed by atoms with Crippen LogP contribution in [0.2, 0.25) is 0 Å². The molecule has 0 unspecified atom stereocenters. The van der Waals surface area contributed by atoms with E-state index in [4.69, 9.17) is 14.2 Å². The van der Waals surface area contributed by atoms with Crippen LogP contribution in [0.4, 0.5) is 0 Å². The Labute approximate surface area is 213 Å². The quantitative estimate of drug-likeness (QED) is 0.384. The van der Waals surface area contributed by atoms with Crippen LogP contribution in [-0.2, 0) is 0 Å². The van der Waals surface area contributed by atoms with Crippen molar-refractivity contribution in [1.82, 2.24) is 4.90 Å². The summed E-state index contributed by atoms with van der Waals surface area (Å²) in [6, 6.07) is 21.7. The zero-order valence-electron chi connectivity index (χ0n) is 21.2. The molecule has 0 spiro atoms. The van der Waals surface area contributed by atoms with E-state index in [1.807, 2.05) is 37.3 Å². The second-order valence-electron chi connectivity index (χ2n) is 9.49. The van der Waals surface area contributed by atoms with Gasteiger partial charge in [0.05, 0.1) is 6.61 Å². The third-order valence-electron chi connectivity index (χ3n) is 7.06. The van der Waals surface area contributed by atoms with E-state index in [0.29, 0.717) is 19.0 Å². The molecule has 1 N–H and O–H groups in total. The monoisotopic (exact) mass is 485 g/mol. The van der Waals surface area contributed by atoms with Crippen molar-refractivity contribution in [2.45, 2.75) is 39.2 Å². The molecule has 0 bridgehead atoms. The van der Waals surface area contributed by atoms with Gasteiger partial charge in [0.2, 0.25) is 0 Å². The van der Waals surface area contributed by atoms with Crippen molar-refractivity contribution in [3.05, 3.63) is 83.4 Å². The predicted octanol–water partition coefficient (Wildman–Crippen LogP) is 6.72. The molecular formula is C31H35NO4. The highest BCUT2D eigenvalue weighted by atomic mass is 16.5. The molecule has 1 saturated heterocycles. The number of hydrogen-bond donors (Lipinski definition) is 1. The third kappa shape index (κ3) is 5.36. The fourth-order valence-corrected chi connectivity index (χ4v) is 5.16.